The van der Waals surface area contributed by atoms with Crippen LogP contribution in [-0.2, 0) is 0 Å². The van der Waals surface area contributed by atoms with Gasteiger partial charge in [0.15, 0.2) is 5.82 Å². The third-order valence-corrected chi connectivity index (χ3v) is 4.05. The molecule has 3 rings (SSSR count). The van der Waals surface area contributed by atoms with Crippen LogP contribution in [0.2, 0.25) is 0 Å². The highest BCUT2D eigenvalue weighted by Gasteiger charge is 2.32. The summed E-state index contributed by atoms with van der Waals surface area (Å²) in [6.45, 7) is 2.42. The Labute approximate surface area is 134 Å². The van der Waals surface area contributed by atoms with Crippen molar-refractivity contribution in [2.45, 2.75) is 38.6 Å². The van der Waals surface area contributed by atoms with Crippen molar-refractivity contribution in [3.63, 3.8) is 0 Å². The van der Waals surface area contributed by atoms with Crippen LogP contribution < -0.4 is 4.74 Å². The van der Waals surface area contributed by atoms with Gasteiger partial charge in [0.25, 0.3) is 5.91 Å². The number of aromatic nitrogens is 3. The minimum Gasteiger partial charge on any atom is -0.480 e. The van der Waals surface area contributed by atoms with E-state index in [1.54, 1.807) is 25.3 Å². The molecule has 0 bridgehead atoms. The zero-order valence-electron chi connectivity index (χ0n) is 13.4. The predicted octanol–water partition coefficient (Wildman–Crippen LogP) is 2.54. The molecule has 2 aromatic heterocycles. The van der Waals surface area contributed by atoms with Crippen molar-refractivity contribution in [2.75, 3.05) is 13.7 Å². The smallest absolute Gasteiger partial charge is 0.259 e. The third kappa shape index (κ3) is 3.18. The maximum absolute atomic E-state index is 13.0. The zero-order valence-corrected chi connectivity index (χ0v) is 13.4. The molecule has 7 heteroatoms. The number of aryl methyl sites for hydroxylation is 1. The number of hydrogen-bond donors (Lipinski definition) is 0. The highest BCUT2D eigenvalue weighted by atomic mass is 16.5. The summed E-state index contributed by atoms with van der Waals surface area (Å²) in [6.07, 6.45) is 5.51. The number of carbonyl (C=O) groups is 1. The van der Waals surface area contributed by atoms with Crippen LogP contribution in [0.3, 0.4) is 0 Å². The van der Waals surface area contributed by atoms with Crippen molar-refractivity contribution in [2.24, 2.45) is 0 Å². The molecule has 7 nitrogen and oxygen atoms in total. The number of likely N-dealkylation sites (tertiary alicyclic amines) is 1. The molecule has 1 atom stereocenters. The molecule has 0 spiro atoms. The molecule has 3 heterocycles. The van der Waals surface area contributed by atoms with Crippen LogP contribution >= 0.6 is 0 Å². The van der Waals surface area contributed by atoms with Gasteiger partial charge in [0.1, 0.15) is 5.56 Å². The Hall–Kier alpha value is -2.44. The standard InChI is InChI=1S/C16H20N4O3/c1-11-18-14(19-23-11)13-8-4-3-5-10-20(13)16(21)12-7-6-9-17-15(12)22-2/h6-7,9,13H,3-5,8,10H2,1-2H3. The molecule has 1 aliphatic rings. The predicted molar refractivity (Wildman–Crippen MR) is 82.1 cm³/mol. The van der Waals surface area contributed by atoms with Gasteiger partial charge in [-0.15, -0.1) is 0 Å². The van der Waals surface area contributed by atoms with Gasteiger partial charge >= 0.3 is 0 Å². The van der Waals surface area contributed by atoms with Gasteiger partial charge in [0.2, 0.25) is 11.8 Å². The zero-order chi connectivity index (χ0) is 16.2. The van der Waals surface area contributed by atoms with Gasteiger partial charge in [-0.1, -0.05) is 18.0 Å². The highest BCUT2D eigenvalue weighted by molar-refractivity contribution is 5.96. The number of pyridine rings is 1. The van der Waals surface area contributed by atoms with Crippen LogP contribution in [-0.4, -0.2) is 39.6 Å². The van der Waals surface area contributed by atoms with Crippen LogP contribution in [0.4, 0.5) is 0 Å². The maximum atomic E-state index is 13.0. The van der Waals surface area contributed by atoms with Crippen LogP contribution in [0.15, 0.2) is 22.9 Å². The number of rotatable bonds is 3. The molecule has 0 radical (unpaired) electrons. The minimum atomic E-state index is -0.174. The van der Waals surface area contributed by atoms with Crippen LogP contribution in [0.1, 0.15) is 53.8 Å². The largest absolute Gasteiger partial charge is 0.480 e. The Balaban J connectivity index is 1.94. The summed E-state index contributed by atoms with van der Waals surface area (Å²) in [5, 5.41) is 4.02. The number of amides is 1. The molecule has 1 saturated heterocycles. The summed E-state index contributed by atoms with van der Waals surface area (Å²) in [6, 6.07) is 3.30. The fraction of sp³-hybridized carbons (Fsp3) is 0.500. The van der Waals surface area contributed by atoms with Gasteiger partial charge in [-0.2, -0.15) is 4.98 Å². The average Bonchev–Trinajstić information content (AvgIpc) is 2.86. The van der Waals surface area contributed by atoms with Crippen molar-refractivity contribution >= 4 is 5.91 Å². The van der Waals surface area contributed by atoms with E-state index in [1.807, 2.05) is 4.90 Å². The van der Waals surface area contributed by atoms with E-state index in [2.05, 4.69) is 15.1 Å². The fourth-order valence-corrected chi connectivity index (χ4v) is 2.94. The average molecular weight is 316 g/mol. The molecule has 0 N–H and O–H groups in total. The number of nitrogens with zero attached hydrogens (tertiary/aromatic N) is 4. The second-order valence-corrected chi connectivity index (χ2v) is 5.60. The van der Waals surface area contributed by atoms with Crippen LogP contribution in [0.25, 0.3) is 0 Å². The molecular formula is C16H20N4O3. The lowest BCUT2D eigenvalue weighted by Crippen LogP contribution is -2.35. The van der Waals surface area contributed by atoms with Gasteiger partial charge in [-0.3, -0.25) is 4.79 Å². The van der Waals surface area contributed by atoms with Crippen LogP contribution in [0, 0.1) is 6.92 Å². The molecular weight excluding hydrogens is 296 g/mol. The van der Waals surface area contributed by atoms with E-state index in [1.165, 1.54) is 7.11 Å². The second kappa shape index (κ2) is 6.76. The van der Waals surface area contributed by atoms with Gasteiger partial charge < -0.3 is 14.2 Å². The van der Waals surface area contributed by atoms with E-state index in [0.717, 1.165) is 25.7 Å². The molecule has 1 amide bonds. The normalized spacial score (nSPS) is 18.5. The SMILES string of the molecule is COc1ncccc1C(=O)N1CCCCCC1c1noc(C)n1. The number of carbonyl (C=O) groups excluding carboxylic acids is 1. The molecule has 122 valence electrons. The van der Waals surface area contributed by atoms with Crippen molar-refractivity contribution in [3.8, 4) is 5.88 Å². The Morgan fingerprint density at radius 3 is 3.00 bits per heavy atom. The summed E-state index contributed by atoms with van der Waals surface area (Å²) in [5.74, 6) is 1.31. The quantitative estimate of drug-likeness (QED) is 0.865. The fourth-order valence-electron chi connectivity index (χ4n) is 2.94. The maximum Gasteiger partial charge on any atom is 0.259 e. The summed E-state index contributed by atoms with van der Waals surface area (Å²) < 4.78 is 10.3. The number of ether oxygens (including phenoxy) is 1. The Bertz CT molecular complexity index is 685. The molecule has 0 aliphatic carbocycles. The molecule has 2 aromatic rings. The van der Waals surface area contributed by atoms with Gasteiger partial charge in [-0.25, -0.2) is 4.98 Å². The van der Waals surface area contributed by atoms with E-state index >= 15 is 0 Å². The van der Waals surface area contributed by atoms with Crippen molar-refractivity contribution in [1.82, 2.24) is 20.0 Å². The first-order valence-corrected chi connectivity index (χ1v) is 7.81. The van der Waals surface area contributed by atoms with Crippen molar-refractivity contribution in [3.05, 3.63) is 35.6 Å². The summed E-state index contributed by atoms with van der Waals surface area (Å²) in [4.78, 5) is 23.3. The molecule has 0 saturated carbocycles. The summed E-state index contributed by atoms with van der Waals surface area (Å²) >= 11 is 0. The number of methoxy groups -OCH3 is 1. The first-order chi connectivity index (χ1) is 11.2. The van der Waals surface area contributed by atoms with E-state index in [-0.39, 0.29) is 11.9 Å². The second-order valence-electron chi connectivity index (χ2n) is 5.60. The molecule has 0 aromatic carbocycles. The van der Waals surface area contributed by atoms with E-state index in [9.17, 15) is 4.79 Å². The lowest BCUT2D eigenvalue weighted by Gasteiger charge is -2.28. The summed E-state index contributed by atoms with van der Waals surface area (Å²) in [5.41, 5.74) is 0.460. The van der Waals surface area contributed by atoms with Crippen molar-refractivity contribution < 1.29 is 14.1 Å². The Kier molecular flexibility index (Phi) is 4.55. The lowest BCUT2D eigenvalue weighted by molar-refractivity contribution is 0.0666. The van der Waals surface area contributed by atoms with E-state index in [0.29, 0.717) is 29.7 Å². The third-order valence-electron chi connectivity index (χ3n) is 4.05. The Morgan fingerprint density at radius 2 is 2.26 bits per heavy atom. The minimum absolute atomic E-state index is 0.107. The first-order valence-electron chi connectivity index (χ1n) is 7.81. The first kappa shape index (κ1) is 15.5. The van der Waals surface area contributed by atoms with Gasteiger partial charge in [0.05, 0.1) is 13.2 Å². The molecule has 23 heavy (non-hydrogen) atoms. The molecule has 1 fully saturated rings. The highest BCUT2D eigenvalue weighted by Crippen LogP contribution is 2.31. The van der Waals surface area contributed by atoms with Crippen LogP contribution in [0.5, 0.6) is 5.88 Å². The molecule has 1 unspecified atom stereocenters. The van der Waals surface area contributed by atoms with Gasteiger partial charge in [0, 0.05) is 19.7 Å². The van der Waals surface area contributed by atoms with Gasteiger partial charge in [-0.05, 0) is 25.0 Å². The van der Waals surface area contributed by atoms with E-state index in [4.69, 9.17) is 9.26 Å². The number of hydrogen-bond acceptors (Lipinski definition) is 6. The monoisotopic (exact) mass is 316 g/mol. The summed E-state index contributed by atoms with van der Waals surface area (Å²) in [7, 11) is 1.52. The van der Waals surface area contributed by atoms with Crippen molar-refractivity contribution in [1.29, 1.82) is 0 Å². The Morgan fingerprint density at radius 1 is 1.39 bits per heavy atom. The topological polar surface area (TPSA) is 81.4 Å². The van der Waals surface area contributed by atoms with E-state index < -0.39 is 0 Å². The molecule has 1 aliphatic heterocycles. The lowest BCUT2D eigenvalue weighted by atomic mass is 10.1.